The van der Waals surface area contributed by atoms with Crippen molar-refractivity contribution in [1.82, 2.24) is 4.90 Å². The Hall–Kier alpha value is -1.71. The fourth-order valence-electron chi connectivity index (χ4n) is 2.01. The molecule has 0 unspecified atom stereocenters. The molecule has 0 fully saturated rings. The number of hydrogen-bond acceptors (Lipinski definition) is 4. The Morgan fingerprint density at radius 1 is 1.25 bits per heavy atom. The van der Waals surface area contributed by atoms with Crippen LogP contribution in [0.5, 0.6) is 0 Å². The van der Waals surface area contributed by atoms with Crippen molar-refractivity contribution in [3.8, 4) is 0 Å². The third-order valence-corrected chi connectivity index (χ3v) is 2.82. The lowest BCUT2D eigenvalue weighted by Gasteiger charge is -2.28. The topological polar surface area (TPSA) is 38.8 Å². The number of ketones is 1. The van der Waals surface area contributed by atoms with Crippen LogP contribution in [0.4, 0.5) is 0 Å². The van der Waals surface area contributed by atoms with Gasteiger partial charge in [0.05, 0.1) is 14.2 Å². The molecule has 0 aromatic heterocycles. The summed E-state index contributed by atoms with van der Waals surface area (Å²) in [6.45, 7) is 0.919. The molecule has 2 aliphatic rings. The van der Waals surface area contributed by atoms with E-state index in [4.69, 9.17) is 9.47 Å². The molecule has 86 valence electrons. The second-order valence-corrected chi connectivity index (χ2v) is 3.87. The fraction of sp³-hybridized carbons (Fsp3) is 0.417. The monoisotopic (exact) mass is 221 g/mol. The van der Waals surface area contributed by atoms with Gasteiger partial charge in [0.25, 0.3) is 0 Å². The summed E-state index contributed by atoms with van der Waals surface area (Å²) in [7, 11) is 5.04. The Bertz CT molecular complexity index is 418. The van der Waals surface area contributed by atoms with Crippen LogP contribution in [-0.2, 0) is 14.3 Å². The van der Waals surface area contributed by atoms with Crippen LogP contribution in [0, 0.1) is 0 Å². The Kier molecular flexibility index (Phi) is 2.73. The van der Waals surface area contributed by atoms with Gasteiger partial charge in [-0.1, -0.05) is 0 Å². The van der Waals surface area contributed by atoms with Gasteiger partial charge in [-0.25, -0.2) is 0 Å². The smallest absolute Gasteiger partial charge is 0.224 e. The van der Waals surface area contributed by atoms with E-state index >= 15 is 0 Å². The number of carbonyl (C=O) groups excluding carboxylic acids is 1. The van der Waals surface area contributed by atoms with Gasteiger partial charge in [-0.2, -0.15) is 0 Å². The van der Waals surface area contributed by atoms with E-state index < -0.39 is 0 Å². The number of carbonyl (C=O) groups is 1. The van der Waals surface area contributed by atoms with E-state index in [9.17, 15) is 4.79 Å². The number of rotatable bonds is 2. The second-order valence-electron chi connectivity index (χ2n) is 3.87. The minimum Gasteiger partial charge on any atom is -0.492 e. The number of allylic oxidation sites excluding steroid dienone is 2. The van der Waals surface area contributed by atoms with Crippen LogP contribution in [0.25, 0.3) is 0 Å². The van der Waals surface area contributed by atoms with Crippen molar-refractivity contribution >= 4 is 5.78 Å². The first kappa shape index (κ1) is 10.8. The van der Waals surface area contributed by atoms with Crippen LogP contribution >= 0.6 is 0 Å². The second kappa shape index (κ2) is 4.04. The maximum absolute atomic E-state index is 11.8. The Morgan fingerprint density at radius 3 is 2.56 bits per heavy atom. The first-order chi connectivity index (χ1) is 7.67. The number of fused-ring (bicyclic) bond motifs is 1. The summed E-state index contributed by atoms with van der Waals surface area (Å²) in [6.07, 6.45) is 4.48. The molecule has 1 aliphatic heterocycles. The van der Waals surface area contributed by atoms with Gasteiger partial charge in [0, 0.05) is 25.4 Å². The third kappa shape index (κ3) is 1.60. The van der Waals surface area contributed by atoms with E-state index in [0.29, 0.717) is 5.76 Å². The summed E-state index contributed by atoms with van der Waals surface area (Å²) >= 11 is 0. The average molecular weight is 221 g/mol. The van der Waals surface area contributed by atoms with Crippen LogP contribution in [0.15, 0.2) is 34.9 Å². The van der Waals surface area contributed by atoms with Crippen LogP contribution in [0.1, 0.15) is 6.42 Å². The maximum Gasteiger partial charge on any atom is 0.224 e. The Balaban J connectivity index is 2.51. The van der Waals surface area contributed by atoms with Gasteiger partial charge in [0.15, 0.2) is 5.76 Å². The maximum atomic E-state index is 11.8. The van der Waals surface area contributed by atoms with Gasteiger partial charge in [-0.3, -0.25) is 4.79 Å². The highest BCUT2D eigenvalue weighted by atomic mass is 16.5. The van der Waals surface area contributed by atoms with Gasteiger partial charge in [-0.15, -0.1) is 0 Å². The minimum atomic E-state index is -0.115. The summed E-state index contributed by atoms with van der Waals surface area (Å²) in [4.78, 5) is 13.8. The van der Waals surface area contributed by atoms with Crippen LogP contribution in [0.2, 0.25) is 0 Å². The summed E-state index contributed by atoms with van der Waals surface area (Å²) in [5.41, 5.74) is 1.98. The summed E-state index contributed by atoms with van der Waals surface area (Å²) in [6, 6.07) is 0. The zero-order chi connectivity index (χ0) is 11.7. The molecule has 0 saturated carbocycles. The summed E-state index contributed by atoms with van der Waals surface area (Å²) in [5, 5.41) is 0. The predicted molar refractivity (Wildman–Crippen MR) is 59.5 cm³/mol. The van der Waals surface area contributed by atoms with Crippen molar-refractivity contribution in [2.75, 3.05) is 27.8 Å². The zero-order valence-electron chi connectivity index (χ0n) is 9.74. The van der Waals surface area contributed by atoms with Crippen LogP contribution < -0.4 is 0 Å². The molecule has 0 amide bonds. The van der Waals surface area contributed by atoms with Gasteiger partial charge >= 0.3 is 0 Å². The Morgan fingerprint density at radius 2 is 1.94 bits per heavy atom. The molecule has 2 rings (SSSR count). The number of ether oxygens (including phenoxy) is 2. The van der Waals surface area contributed by atoms with Crippen molar-refractivity contribution in [3.63, 3.8) is 0 Å². The van der Waals surface area contributed by atoms with Gasteiger partial charge in [-0.05, 0) is 18.1 Å². The fourth-order valence-corrected chi connectivity index (χ4v) is 2.01. The molecular formula is C12H15NO3. The van der Waals surface area contributed by atoms with Crippen LogP contribution in [0.3, 0.4) is 0 Å². The molecule has 0 saturated heterocycles. The zero-order valence-corrected chi connectivity index (χ0v) is 9.74. The van der Waals surface area contributed by atoms with Crippen molar-refractivity contribution < 1.29 is 14.3 Å². The number of hydrogen-bond donors (Lipinski definition) is 0. The molecule has 1 aliphatic carbocycles. The lowest BCUT2D eigenvalue weighted by atomic mass is 9.92. The highest BCUT2D eigenvalue weighted by molar-refractivity contribution is 6.06. The third-order valence-electron chi connectivity index (χ3n) is 2.82. The lowest BCUT2D eigenvalue weighted by molar-refractivity contribution is -0.114. The van der Waals surface area contributed by atoms with E-state index in [1.165, 1.54) is 7.11 Å². The van der Waals surface area contributed by atoms with Crippen molar-refractivity contribution in [2.45, 2.75) is 6.42 Å². The molecule has 0 aromatic carbocycles. The lowest BCUT2D eigenvalue weighted by Crippen LogP contribution is -2.25. The molecule has 0 N–H and O–H groups in total. The van der Waals surface area contributed by atoms with E-state index in [-0.39, 0.29) is 11.5 Å². The normalized spacial score (nSPS) is 20.2. The molecule has 16 heavy (non-hydrogen) atoms. The van der Waals surface area contributed by atoms with E-state index in [1.54, 1.807) is 13.2 Å². The molecule has 0 bridgehead atoms. The predicted octanol–water partition coefficient (Wildman–Crippen LogP) is 1.22. The highest BCUT2D eigenvalue weighted by Gasteiger charge is 2.29. The molecular weight excluding hydrogens is 206 g/mol. The van der Waals surface area contributed by atoms with Gasteiger partial charge < -0.3 is 14.4 Å². The first-order valence-electron chi connectivity index (χ1n) is 5.17. The quantitative estimate of drug-likeness (QED) is 0.702. The van der Waals surface area contributed by atoms with E-state index in [1.807, 2.05) is 13.2 Å². The first-order valence-corrected chi connectivity index (χ1v) is 5.17. The molecule has 4 nitrogen and oxygen atoms in total. The van der Waals surface area contributed by atoms with E-state index in [2.05, 4.69) is 4.90 Å². The number of methoxy groups -OCH3 is 2. The van der Waals surface area contributed by atoms with Crippen molar-refractivity contribution in [2.24, 2.45) is 0 Å². The minimum absolute atomic E-state index is 0.115. The molecule has 0 atom stereocenters. The number of nitrogens with zero attached hydrogens (tertiary/aromatic N) is 1. The molecule has 4 heteroatoms. The van der Waals surface area contributed by atoms with E-state index in [0.717, 1.165) is 24.1 Å². The summed E-state index contributed by atoms with van der Waals surface area (Å²) < 4.78 is 10.4. The molecule has 1 heterocycles. The average Bonchev–Trinajstić information content (AvgIpc) is 2.28. The van der Waals surface area contributed by atoms with Gasteiger partial charge in [0.2, 0.25) is 11.5 Å². The molecule has 0 spiro atoms. The highest BCUT2D eigenvalue weighted by Crippen LogP contribution is 2.33. The van der Waals surface area contributed by atoms with Gasteiger partial charge in [0.1, 0.15) is 0 Å². The standard InChI is InChI=1S/C12H15NO3/c1-13-5-4-8-6-10(14)12(16-3)11(15-2)9(8)7-13/h6-7H,4-5H2,1-3H3. The Labute approximate surface area is 94.8 Å². The van der Waals surface area contributed by atoms with Crippen molar-refractivity contribution in [1.29, 1.82) is 0 Å². The molecule has 0 aromatic rings. The SMILES string of the molecule is COC1=C(OC)C2=CN(C)CCC2=CC1=O. The summed E-state index contributed by atoms with van der Waals surface area (Å²) in [5.74, 6) is 0.709. The largest absolute Gasteiger partial charge is 0.492 e. The van der Waals surface area contributed by atoms with Crippen LogP contribution in [-0.4, -0.2) is 38.5 Å². The molecule has 0 radical (unpaired) electrons. The van der Waals surface area contributed by atoms with Crippen molar-refractivity contribution in [3.05, 3.63) is 34.9 Å².